The molecule has 0 radical (unpaired) electrons. The fourth-order valence-corrected chi connectivity index (χ4v) is 4.45. The second-order valence-electron chi connectivity index (χ2n) is 8.47. The van der Waals surface area contributed by atoms with E-state index in [1.54, 1.807) is 18.7 Å². The SMILES string of the molecule is CN(C)C1(CNC(=O)C[C@H](c2cnc3ccccc3n2)n2ccnc2)CCCCC1. The lowest BCUT2D eigenvalue weighted by Gasteiger charge is -2.43. The van der Waals surface area contributed by atoms with Crippen molar-refractivity contribution in [3.05, 3.63) is 54.9 Å². The minimum atomic E-state index is -0.244. The Hall–Kier alpha value is -2.80. The number of hydrogen-bond acceptors (Lipinski definition) is 5. The van der Waals surface area contributed by atoms with Crippen molar-refractivity contribution in [2.45, 2.75) is 50.1 Å². The highest BCUT2D eigenvalue weighted by atomic mass is 16.1. The van der Waals surface area contributed by atoms with Crippen LogP contribution in [0.15, 0.2) is 49.2 Å². The third-order valence-corrected chi connectivity index (χ3v) is 6.42. The van der Waals surface area contributed by atoms with Crippen LogP contribution in [0.1, 0.15) is 50.3 Å². The summed E-state index contributed by atoms with van der Waals surface area (Å²) in [4.78, 5) is 28.8. The van der Waals surface area contributed by atoms with Crippen LogP contribution in [-0.4, -0.2) is 56.5 Å². The van der Waals surface area contributed by atoms with Gasteiger partial charge in [-0.15, -0.1) is 0 Å². The summed E-state index contributed by atoms with van der Waals surface area (Å²) in [6, 6.07) is 7.54. The summed E-state index contributed by atoms with van der Waals surface area (Å²) in [5, 5.41) is 3.21. The summed E-state index contributed by atoms with van der Waals surface area (Å²) in [5.41, 5.74) is 2.50. The fraction of sp³-hybridized carbons (Fsp3) is 0.478. The van der Waals surface area contributed by atoms with Crippen molar-refractivity contribution < 1.29 is 4.79 Å². The molecule has 1 amide bonds. The van der Waals surface area contributed by atoms with Gasteiger partial charge in [-0.1, -0.05) is 31.4 Å². The summed E-state index contributed by atoms with van der Waals surface area (Å²) >= 11 is 0. The van der Waals surface area contributed by atoms with Crippen molar-refractivity contribution in [3.63, 3.8) is 0 Å². The maximum atomic E-state index is 13.0. The zero-order valence-electron chi connectivity index (χ0n) is 17.8. The molecule has 2 aromatic heterocycles. The Morgan fingerprint density at radius 3 is 2.67 bits per heavy atom. The molecular formula is C23H30N6O. The Morgan fingerprint density at radius 2 is 1.97 bits per heavy atom. The molecule has 2 heterocycles. The molecule has 158 valence electrons. The molecule has 1 N–H and O–H groups in total. The number of amides is 1. The van der Waals surface area contributed by atoms with Gasteiger partial charge in [0.05, 0.1) is 41.7 Å². The van der Waals surface area contributed by atoms with Crippen LogP contribution in [0.4, 0.5) is 0 Å². The highest BCUT2D eigenvalue weighted by molar-refractivity contribution is 5.77. The van der Waals surface area contributed by atoms with Gasteiger partial charge in [-0.25, -0.2) is 9.97 Å². The van der Waals surface area contributed by atoms with Crippen molar-refractivity contribution in [3.8, 4) is 0 Å². The number of benzene rings is 1. The Morgan fingerprint density at radius 1 is 1.20 bits per heavy atom. The summed E-state index contributed by atoms with van der Waals surface area (Å²) in [6.45, 7) is 0.679. The van der Waals surface area contributed by atoms with Crippen LogP contribution in [-0.2, 0) is 4.79 Å². The lowest BCUT2D eigenvalue weighted by Crippen LogP contribution is -2.53. The van der Waals surface area contributed by atoms with Gasteiger partial charge in [0.1, 0.15) is 0 Å². The molecule has 3 aromatic rings. The molecule has 7 heteroatoms. The number of aromatic nitrogens is 4. The molecule has 0 aliphatic heterocycles. The number of carbonyl (C=O) groups excluding carboxylic acids is 1. The standard InChI is InChI=1S/C23H30N6O/c1-28(2)23(10-6-3-7-11-23)16-26-22(30)14-21(29-13-12-24-17-29)20-15-25-18-8-4-5-9-19(18)27-20/h4-5,8-9,12-13,15,17,21H,3,6-7,10-11,14,16H2,1-2H3,(H,26,30)/t21-/m1/s1. The van der Waals surface area contributed by atoms with E-state index < -0.39 is 0 Å². The molecule has 0 unspecified atom stereocenters. The van der Waals surface area contributed by atoms with E-state index in [9.17, 15) is 4.79 Å². The summed E-state index contributed by atoms with van der Waals surface area (Å²) in [6.07, 6.45) is 13.4. The zero-order valence-corrected chi connectivity index (χ0v) is 17.8. The Bertz CT molecular complexity index is 978. The topological polar surface area (TPSA) is 75.9 Å². The number of para-hydroxylation sites is 2. The third-order valence-electron chi connectivity index (χ3n) is 6.42. The first-order valence-electron chi connectivity index (χ1n) is 10.7. The minimum absolute atomic E-state index is 0.0236. The highest BCUT2D eigenvalue weighted by Crippen LogP contribution is 2.31. The lowest BCUT2D eigenvalue weighted by atomic mass is 9.80. The van der Waals surface area contributed by atoms with E-state index >= 15 is 0 Å². The monoisotopic (exact) mass is 406 g/mol. The fourth-order valence-electron chi connectivity index (χ4n) is 4.45. The maximum Gasteiger partial charge on any atom is 0.222 e. The van der Waals surface area contributed by atoms with Crippen LogP contribution in [0.5, 0.6) is 0 Å². The van der Waals surface area contributed by atoms with E-state index in [4.69, 9.17) is 4.98 Å². The van der Waals surface area contributed by atoms with Gasteiger partial charge in [0.2, 0.25) is 5.91 Å². The maximum absolute atomic E-state index is 13.0. The molecule has 7 nitrogen and oxygen atoms in total. The van der Waals surface area contributed by atoms with Crippen molar-refractivity contribution in [2.75, 3.05) is 20.6 Å². The molecule has 1 aliphatic carbocycles. The van der Waals surface area contributed by atoms with Crippen LogP contribution < -0.4 is 5.32 Å². The summed E-state index contributed by atoms with van der Waals surface area (Å²) < 4.78 is 1.93. The average Bonchev–Trinajstić information content (AvgIpc) is 3.31. The van der Waals surface area contributed by atoms with Crippen LogP contribution in [0.3, 0.4) is 0 Å². The average molecular weight is 407 g/mol. The zero-order chi connectivity index (χ0) is 21.0. The molecule has 1 aliphatic rings. The summed E-state index contributed by atoms with van der Waals surface area (Å²) in [7, 11) is 4.24. The highest BCUT2D eigenvalue weighted by Gasteiger charge is 2.34. The molecule has 1 aromatic carbocycles. The van der Waals surface area contributed by atoms with Crippen LogP contribution in [0.2, 0.25) is 0 Å². The second-order valence-corrected chi connectivity index (χ2v) is 8.47. The molecule has 1 atom stereocenters. The van der Waals surface area contributed by atoms with Crippen LogP contribution >= 0.6 is 0 Å². The largest absolute Gasteiger partial charge is 0.354 e. The first kappa shape index (κ1) is 20.5. The lowest BCUT2D eigenvalue weighted by molar-refractivity contribution is -0.122. The normalized spacial score (nSPS) is 17.2. The van der Waals surface area contributed by atoms with Crippen molar-refractivity contribution >= 4 is 16.9 Å². The van der Waals surface area contributed by atoms with Gasteiger partial charge in [0, 0.05) is 24.5 Å². The van der Waals surface area contributed by atoms with Crippen LogP contribution in [0, 0.1) is 0 Å². The Balaban J connectivity index is 1.51. The molecule has 0 bridgehead atoms. The van der Waals surface area contributed by atoms with Gasteiger partial charge in [-0.3, -0.25) is 9.78 Å². The van der Waals surface area contributed by atoms with E-state index in [1.165, 1.54) is 19.3 Å². The number of imidazole rings is 1. The van der Waals surface area contributed by atoms with Crippen LogP contribution in [0.25, 0.3) is 11.0 Å². The van der Waals surface area contributed by atoms with E-state index in [1.807, 2.05) is 35.0 Å². The van der Waals surface area contributed by atoms with E-state index in [0.29, 0.717) is 13.0 Å². The van der Waals surface area contributed by atoms with Gasteiger partial charge in [-0.2, -0.15) is 0 Å². The quantitative estimate of drug-likeness (QED) is 0.652. The predicted molar refractivity (Wildman–Crippen MR) is 117 cm³/mol. The number of likely N-dealkylation sites (N-methyl/N-ethyl adjacent to an activating group) is 1. The smallest absolute Gasteiger partial charge is 0.222 e. The molecule has 1 saturated carbocycles. The third kappa shape index (κ3) is 4.36. The van der Waals surface area contributed by atoms with Gasteiger partial charge < -0.3 is 14.8 Å². The van der Waals surface area contributed by atoms with Gasteiger partial charge in [-0.05, 0) is 39.1 Å². The van der Waals surface area contributed by atoms with Crippen molar-refractivity contribution in [1.29, 1.82) is 0 Å². The van der Waals surface area contributed by atoms with E-state index in [0.717, 1.165) is 29.6 Å². The van der Waals surface area contributed by atoms with Gasteiger partial charge >= 0.3 is 0 Å². The first-order chi connectivity index (χ1) is 14.6. The number of carbonyl (C=O) groups is 1. The Kier molecular flexibility index (Phi) is 6.08. The minimum Gasteiger partial charge on any atom is -0.354 e. The van der Waals surface area contributed by atoms with E-state index in [2.05, 4.69) is 34.3 Å². The Labute approximate surface area is 177 Å². The first-order valence-corrected chi connectivity index (χ1v) is 10.7. The number of nitrogens with zero attached hydrogens (tertiary/aromatic N) is 5. The number of nitrogens with one attached hydrogen (secondary N) is 1. The van der Waals surface area contributed by atoms with Crippen molar-refractivity contribution in [2.24, 2.45) is 0 Å². The van der Waals surface area contributed by atoms with E-state index in [-0.39, 0.29) is 17.5 Å². The van der Waals surface area contributed by atoms with Gasteiger partial charge in [0.15, 0.2) is 0 Å². The molecular weight excluding hydrogens is 376 g/mol. The number of rotatable bonds is 7. The molecule has 1 fully saturated rings. The number of fused-ring (bicyclic) bond motifs is 1. The van der Waals surface area contributed by atoms with Gasteiger partial charge in [0.25, 0.3) is 0 Å². The second kappa shape index (κ2) is 8.92. The molecule has 0 saturated heterocycles. The molecule has 4 rings (SSSR count). The predicted octanol–water partition coefficient (Wildman–Crippen LogP) is 3.19. The van der Waals surface area contributed by atoms with Crippen molar-refractivity contribution in [1.82, 2.24) is 29.7 Å². The molecule has 30 heavy (non-hydrogen) atoms. The molecule has 0 spiro atoms. The number of hydrogen-bond donors (Lipinski definition) is 1. The summed E-state index contributed by atoms with van der Waals surface area (Å²) in [5.74, 6) is 0.0236.